The van der Waals surface area contributed by atoms with Crippen LogP contribution in [-0.4, -0.2) is 24.0 Å². The fourth-order valence-electron chi connectivity index (χ4n) is 1.50. The molecule has 0 radical (unpaired) electrons. The highest BCUT2D eigenvalue weighted by Crippen LogP contribution is 2.29. The maximum absolute atomic E-state index is 12.4. The first-order chi connectivity index (χ1) is 9.90. The van der Waals surface area contributed by atoms with Crippen molar-refractivity contribution >= 4 is 5.78 Å². The number of carbonyl (C=O) groups is 1. The molecule has 1 aromatic rings. The topological polar surface area (TPSA) is 63.0 Å². The molecule has 1 atom stereocenters. The normalized spacial score (nSPS) is 12.2. The van der Waals surface area contributed by atoms with Gasteiger partial charge >= 0.3 is 6.18 Å². The van der Waals surface area contributed by atoms with Crippen LogP contribution in [0.1, 0.15) is 23.6 Å². The Morgan fingerprint density at radius 1 is 1.48 bits per heavy atom. The molecular formula is C14H11F3N2O2. The summed E-state index contributed by atoms with van der Waals surface area (Å²) < 4.78 is 42.1. The first-order valence-corrected chi connectivity index (χ1v) is 5.86. The van der Waals surface area contributed by atoms with Crippen LogP contribution < -0.4 is 0 Å². The van der Waals surface area contributed by atoms with Crippen LogP contribution in [0.2, 0.25) is 0 Å². The minimum absolute atomic E-state index is 0.0209. The van der Waals surface area contributed by atoms with E-state index in [1.54, 1.807) is 6.07 Å². The van der Waals surface area contributed by atoms with Gasteiger partial charge in [0, 0.05) is 12.6 Å². The zero-order chi connectivity index (χ0) is 15.9. The largest absolute Gasteiger partial charge is 0.417 e. The average Bonchev–Trinajstić information content (AvgIpc) is 2.44. The van der Waals surface area contributed by atoms with E-state index in [0.29, 0.717) is 6.20 Å². The summed E-state index contributed by atoms with van der Waals surface area (Å²) >= 11 is 0. The van der Waals surface area contributed by atoms with Crippen molar-refractivity contribution < 1.29 is 22.7 Å². The maximum Gasteiger partial charge on any atom is 0.417 e. The van der Waals surface area contributed by atoms with Crippen molar-refractivity contribution in [1.29, 1.82) is 5.26 Å². The molecule has 0 N–H and O–H groups in total. The van der Waals surface area contributed by atoms with Gasteiger partial charge in [0.1, 0.15) is 12.5 Å². The lowest BCUT2D eigenvalue weighted by atomic mass is 9.98. The van der Waals surface area contributed by atoms with Gasteiger partial charge in [-0.3, -0.25) is 9.78 Å². The molecule has 0 bridgehead atoms. The van der Waals surface area contributed by atoms with E-state index in [1.807, 2.05) is 0 Å². The van der Waals surface area contributed by atoms with Crippen LogP contribution in [0.4, 0.5) is 13.2 Å². The number of Topliss-reactive ketones (excluding diaryl/α,β-unsaturated/α-hetero) is 1. The lowest BCUT2D eigenvalue weighted by molar-refractivity contribution is -0.137. The van der Waals surface area contributed by atoms with Gasteiger partial charge in [-0.05, 0) is 12.1 Å². The molecule has 0 aromatic carbocycles. The number of pyridine rings is 1. The first-order valence-electron chi connectivity index (χ1n) is 5.86. The minimum Gasteiger partial charge on any atom is -0.368 e. The Kier molecular flexibility index (Phi) is 5.89. The lowest BCUT2D eigenvalue weighted by Gasteiger charge is -2.10. The average molecular weight is 296 g/mol. The molecule has 0 fully saturated rings. The Labute approximate surface area is 119 Å². The Bertz CT molecular complexity index is 568. The van der Waals surface area contributed by atoms with Crippen molar-refractivity contribution in [2.75, 3.05) is 13.2 Å². The van der Waals surface area contributed by atoms with E-state index in [9.17, 15) is 18.0 Å². The quantitative estimate of drug-likeness (QED) is 0.597. The molecule has 0 saturated carbocycles. The zero-order valence-corrected chi connectivity index (χ0v) is 10.9. The summed E-state index contributed by atoms with van der Waals surface area (Å²) in [6, 6.07) is 3.54. The van der Waals surface area contributed by atoms with Gasteiger partial charge in [0.25, 0.3) is 0 Å². The lowest BCUT2D eigenvalue weighted by Crippen LogP contribution is -2.15. The van der Waals surface area contributed by atoms with E-state index in [1.165, 1.54) is 0 Å². The molecule has 0 spiro atoms. The van der Waals surface area contributed by atoms with Crippen molar-refractivity contribution in [2.45, 2.75) is 18.5 Å². The van der Waals surface area contributed by atoms with Crippen molar-refractivity contribution in [3.63, 3.8) is 0 Å². The maximum atomic E-state index is 12.4. The van der Waals surface area contributed by atoms with E-state index in [-0.39, 0.29) is 25.3 Å². The van der Waals surface area contributed by atoms with Crippen molar-refractivity contribution in [1.82, 2.24) is 4.98 Å². The molecule has 0 aliphatic heterocycles. The van der Waals surface area contributed by atoms with E-state index in [4.69, 9.17) is 16.4 Å². The monoisotopic (exact) mass is 296 g/mol. The number of nitrogens with zero attached hydrogens (tertiary/aromatic N) is 2. The third kappa shape index (κ3) is 4.90. The first kappa shape index (κ1) is 16.7. The van der Waals surface area contributed by atoms with Gasteiger partial charge < -0.3 is 4.74 Å². The molecule has 1 aromatic heterocycles. The van der Waals surface area contributed by atoms with Crippen molar-refractivity contribution in [3.8, 4) is 18.4 Å². The molecule has 21 heavy (non-hydrogen) atoms. The van der Waals surface area contributed by atoms with Gasteiger partial charge in [-0.25, -0.2) is 0 Å². The summed E-state index contributed by atoms with van der Waals surface area (Å²) in [6.07, 6.45) is 0.977. The molecule has 4 nitrogen and oxygen atoms in total. The van der Waals surface area contributed by atoms with Crippen LogP contribution in [0.3, 0.4) is 0 Å². The van der Waals surface area contributed by atoms with Crippen LogP contribution in [0.5, 0.6) is 0 Å². The Morgan fingerprint density at radius 3 is 2.67 bits per heavy atom. The number of alkyl halides is 3. The third-order valence-electron chi connectivity index (χ3n) is 2.54. The second kappa shape index (κ2) is 7.41. The van der Waals surface area contributed by atoms with Gasteiger partial charge in [-0.2, -0.15) is 18.4 Å². The predicted molar refractivity (Wildman–Crippen MR) is 66.9 cm³/mol. The summed E-state index contributed by atoms with van der Waals surface area (Å²) in [7, 11) is 0. The summed E-state index contributed by atoms with van der Waals surface area (Å²) in [5.74, 6) is 0.514. The highest BCUT2D eigenvalue weighted by atomic mass is 19.4. The second-order valence-corrected chi connectivity index (χ2v) is 4.00. The minimum atomic E-state index is -4.51. The van der Waals surface area contributed by atoms with Crippen LogP contribution in [0.25, 0.3) is 0 Å². The molecule has 0 saturated heterocycles. The van der Waals surface area contributed by atoms with E-state index < -0.39 is 23.4 Å². The molecule has 0 aliphatic carbocycles. The van der Waals surface area contributed by atoms with Gasteiger partial charge in [0.05, 0.1) is 23.9 Å². The van der Waals surface area contributed by atoms with E-state index in [0.717, 1.165) is 12.1 Å². The highest BCUT2D eigenvalue weighted by molar-refractivity contribution is 5.88. The van der Waals surface area contributed by atoms with Gasteiger partial charge in [0.15, 0.2) is 5.78 Å². The van der Waals surface area contributed by atoms with Crippen LogP contribution in [0.15, 0.2) is 18.3 Å². The summed E-state index contributed by atoms with van der Waals surface area (Å²) in [4.78, 5) is 15.3. The summed E-state index contributed by atoms with van der Waals surface area (Å²) in [5, 5.41) is 8.98. The number of terminal acetylenes is 1. The van der Waals surface area contributed by atoms with E-state index in [2.05, 4.69) is 10.9 Å². The molecule has 0 amide bonds. The Hall–Kier alpha value is -2.38. The van der Waals surface area contributed by atoms with E-state index >= 15 is 0 Å². The van der Waals surface area contributed by atoms with Gasteiger partial charge in [-0.1, -0.05) is 5.92 Å². The van der Waals surface area contributed by atoms with Crippen LogP contribution in [0, 0.1) is 23.7 Å². The summed E-state index contributed by atoms with van der Waals surface area (Å²) in [5.41, 5.74) is -0.958. The van der Waals surface area contributed by atoms with Gasteiger partial charge in [-0.15, -0.1) is 6.42 Å². The number of nitriles is 1. The second-order valence-electron chi connectivity index (χ2n) is 4.00. The number of halogens is 3. The summed E-state index contributed by atoms with van der Waals surface area (Å²) in [6.45, 7) is 0.0882. The number of aromatic nitrogens is 1. The number of hydrogen-bond acceptors (Lipinski definition) is 4. The number of hydrogen-bond donors (Lipinski definition) is 0. The number of rotatable bonds is 6. The highest BCUT2D eigenvalue weighted by Gasteiger charge is 2.31. The predicted octanol–water partition coefficient (Wildman–Crippen LogP) is 2.32. The fourth-order valence-corrected chi connectivity index (χ4v) is 1.50. The van der Waals surface area contributed by atoms with Gasteiger partial charge in [0.2, 0.25) is 0 Å². The SMILES string of the molecule is C#CCOCCC(=O)C(C#N)c1ccc(C(F)(F)F)cn1. The number of carbonyl (C=O) groups excluding carboxylic acids is 1. The number of ketones is 1. The van der Waals surface area contributed by atoms with Crippen molar-refractivity contribution in [2.24, 2.45) is 0 Å². The Morgan fingerprint density at radius 2 is 2.19 bits per heavy atom. The fraction of sp³-hybridized carbons (Fsp3) is 0.357. The molecule has 7 heteroatoms. The zero-order valence-electron chi connectivity index (χ0n) is 10.9. The van der Waals surface area contributed by atoms with Crippen molar-refractivity contribution in [3.05, 3.63) is 29.6 Å². The molecule has 0 aliphatic rings. The number of ether oxygens (including phenoxy) is 1. The van der Waals surface area contributed by atoms with Crippen LogP contribution in [-0.2, 0) is 15.7 Å². The Balaban J connectivity index is 2.75. The molecule has 1 unspecified atom stereocenters. The molecular weight excluding hydrogens is 285 g/mol. The molecule has 110 valence electrons. The molecule has 1 rings (SSSR count). The third-order valence-corrected chi connectivity index (χ3v) is 2.54. The smallest absolute Gasteiger partial charge is 0.368 e. The van der Waals surface area contributed by atoms with Crippen LogP contribution >= 0.6 is 0 Å². The molecule has 1 heterocycles. The standard InChI is InChI=1S/C14H11F3N2O2/c1-2-6-21-7-5-13(20)11(8-18)12-4-3-10(9-19-12)14(15,16)17/h1,3-4,9,11H,5-7H2.